The molecule has 13 nitrogen and oxygen atoms in total. The van der Waals surface area contributed by atoms with Crippen molar-refractivity contribution >= 4 is 29.6 Å². The minimum absolute atomic E-state index is 0.0533. The molecule has 2 aliphatic rings. The topological polar surface area (TPSA) is 187 Å². The van der Waals surface area contributed by atoms with Crippen LogP contribution in [0.2, 0.25) is 0 Å². The minimum atomic E-state index is -0.981. The Bertz CT molecular complexity index is 1440. The van der Waals surface area contributed by atoms with E-state index in [1.165, 1.54) is 0 Å². The fourth-order valence-electron chi connectivity index (χ4n) is 6.46. The van der Waals surface area contributed by atoms with E-state index in [-0.39, 0.29) is 18.2 Å². The largest absolute Gasteiger partial charge is 0.354 e. The molecule has 278 valence electrons. The molecule has 4 amide bonds. The van der Waals surface area contributed by atoms with Gasteiger partial charge < -0.3 is 42.5 Å². The molecule has 1 saturated heterocycles. The van der Waals surface area contributed by atoms with Gasteiger partial charge in [-0.3, -0.25) is 24.2 Å². The third-order valence-electron chi connectivity index (χ3n) is 9.22. The highest BCUT2D eigenvalue weighted by molar-refractivity contribution is 5.95. The van der Waals surface area contributed by atoms with E-state index in [1.807, 2.05) is 79.4 Å². The third-order valence-corrected chi connectivity index (χ3v) is 9.22. The summed E-state index contributed by atoms with van der Waals surface area (Å²) < 4.78 is 0. The third kappa shape index (κ3) is 12.7. The molecule has 51 heavy (non-hydrogen) atoms. The summed E-state index contributed by atoms with van der Waals surface area (Å²) >= 11 is 0. The Morgan fingerprint density at radius 3 is 2.04 bits per heavy atom. The fraction of sp³-hybridized carbons (Fsp3) is 0.553. The summed E-state index contributed by atoms with van der Waals surface area (Å²) in [6, 6.07) is 15.3. The van der Waals surface area contributed by atoms with Gasteiger partial charge in [-0.2, -0.15) is 0 Å². The maximum absolute atomic E-state index is 14.0. The zero-order valence-electron chi connectivity index (χ0n) is 30.2. The van der Waals surface area contributed by atoms with Crippen molar-refractivity contribution < 1.29 is 19.2 Å². The SMILES string of the molecule is CC(C)C[C@@H](NC(=O)[C@@H](Cc1ccccc1)NC(=O)[C@H](N)Cc1ccccc1)C(=O)N[C@H](CCCCN)C(=O)N1CCCN(C2=NCCN2)CC1. The number of benzene rings is 2. The molecule has 4 atom stereocenters. The molecule has 0 bridgehead atoms. The monoisotopic (exact) mass is 703 g/mol. The molecule has 0 spiro atoms. The molecule has 13 heteroatoms. The Hall–Kier alpha value is -4.49. The molecule has 0 aliphatic carbocycles. The first-order chi connectivity index (χ1) is 24.6. The number of nitrogens with two attached hydrogens (primary N) is 2. The van der Waals surface area contributed by atoms with E-state index in [2.05, 4.69) is 31.2 Å². The number of carbonyl (C=O) groups is 4. The van der Waals surface area contributed by atoms with Gasteiger partial charge in [-0.1, -0.05) is 74.5 Å². The predicted molar refractivity (Wildman–Crippen MR) is 199 cm³/mol. The lowest BCUT2D eigenvalue weighted by atomic mass is 9.99. The Balaban J connectivity index is 1.46. The van der Waals surface area contributed by atoms with Crippen molar-refractivity contribution in [2.45, 2.75) is 83.0 Å². The van der Waals surface area contributed by atoms with Crippen molar-refractivity contribution in [3.63, 3.8) is 0 Å². The molecular formula is C38H57N9O4. The highest BCUT2D eigenvalue weighted by atomic mass is 16.2. The van der Waals surface area contributed by atoms with Crippen LogP contribution in [0.5, 0.6) is 0 Å². The normalized spacial score (nSPS) is 17.0. The zero-order chi connectivity index (χ0) is 36.6. The van der Waals surface area contributed by atoms with Crippen LogP contribution in [0.1, 0.15) is 57.1 Å². The minimum Gasteiger partial charge on any atom is -0.354 e. The van der Waals surface area contributed by atoms with Crippen LogP contribution >= 0.6 is 0 Å². The van der Waals surface area contributed by atoms with Crippen molar-refractivity contribution in [3.8, 4) is 0 Å². The summed E-state index contributed by atoms with van der Waals surface area (Å²) in [6.07, 6.45) is 3.47. The van der Waals surface area contributed by atoms with E-state index in [1.54, 1.807) is 0 Å². The molecule has 2 aromatic carbocycles. The lowest BCUT2D eigenvalue weighted by Crippen LogP contribution is -2.58. The summed E-state index contributed by atoms with van der Waals surface area (Å²) in [6.45, 7) is 8.52. The van der Waals surface area contributed by atoms with Gasteiger partial charge in [0.25, 0.3) is 0 Å². The standard InChI is InChI=1S/C38H57N9O4/c1-27(2)24-32(35(49)43-31(16-9-10-17-39)37(51)46-20-11-21-47(23-22-46)38-41-18-19-42-38)45-36(50)33(26-29-14-7-4-8-15-29)44-34(48)30(40)25-28-12-5-3-6-13-28/h3-8,12-15,27,30-33H,9-11,16-26,39-40H2,1-2H3,(H,41,42)(H,43,49)(H,44,48)(H,45,50)/t30-,31-,32-,33-/m1/s1. The van der Waals surface area contributed by atoms with Crippen LogP contribution in [0.4, 0.5) is 0 Å². The average molecular weight is 704 g/mol. The highest BCUT2D eigenvalue weighted by Gasteiger charge is 2.33. The maximum atomic E-state index is 14.0. The zero-order valence-corrected chi connectivity index (χ0v) is 30.2. The van der Waals surface area contributed by atoms with Crippen LogP contribution in [0, 0.1) is 5.92 Å². The first-order valence-electron chi connectivity index (χ1n) is 18.4. The second-order valence-electron chi connectivity index (χ2n) is 13.9. The molecular weight excluding hydrogens is 646 g/mol. The van der Waals surface area contributed by atoms with Gasteiger partial charge in [0, 0.05) is 39.1 Å². The molecule has 0 unspecified atom stereocenters. The number of nitrogens with zero attached hydrogens (tertiary/aromatic N) is 3. The molecule has 0 aromatic heterocycles. The molecule has 0 radical (unpaired) electrons. The molecule has 1 fully saturated rings. The number of hydrogen-bond acceptors (Lipinski definition) is 9. The lowest BCUT2D eigenvalue weighted by Gasteiger charge is -2.30. The Labute approximate surface area is 302 Å². The van der Waals surface area contributed by atoms with Gasteiger partial charge in [0.05, 0.1) is 12.6 Å². The second kappa shape index (κ2) is 20.4. The van der Waals surface area contributed by atoms with Crippen LogP contribution in [0.25, 0.3) is 0 Å². The molecule has 2 heterocycles. The van der Waals surface area contributed by atoms with Gasteiger partial charge in [-0.15, -0.1) is 0 Å². The number of hydrogen-bond donors (Lipinski definition) is 6. The van der Waals surface area contributed by atoms with E-state index in [9.17, 15) is 19.2 Å². The van der Waals surface area contributed by atoms with Gasteiger partial charge in [0.2, 0.25) is 23.6 Å². The van der Waals surface area contributed by atoms with E-state index in [0.717, 1.165) is 49.6 Å². The Kier molecular flexibility index (Phi) is 15.7. The van der Waals surface area contributed by atoms with E-state index >= 15 is 0 Å². The number of aliphatic imine (C=N–C) groups is 1. The van der Waals surface area contributed by atoms with Crippen LogP contribution in [-0.2, 0) is 32.0 Å². The first kappa shape index (κ1) is 39.3. The van der Waals surface area contributed by atoms with Crippen molar-refractivity contribution in [2.24, 2.45) is 22.4 Å². The van der Waals surface area contributed by atoms with Crippen LogP contribution < -0.4 is 32.7 Å². The molecule has 2 aliphatic heterocycles. The van der Waals surface area contributed by atoms with Crippen LogP contribution in [0.15, 0.2) is 65.7 Å². The van der Waals surface area contributed by atoms with Gasteiger partial charge in [0.1, 0.15) is 18.1 Å². The van der Waals surface area contributed by atoms with Crippen molar-refractivity contribution in [1.82, 2.24) is 31.1 Å². The number of guanidine groups is 1. The highest BCUT2D eigenvalue weighted by Crippen LogP contribution is 2.13. The quantitative estimate of drug-likeness (QED) is 0.131. The van der Waals surface area contributed by atoms with Crippen molar-refractivity contribution in [2.75, 3.05) is 45.8 Å². The molecule has 0 saturated carbocycles. The number of rotatable bonds is 17. The van der Waals surface area contributed by atoms with Crippen LogP contribution in [0.3, 0.4) is 0 Å². The number of unbranched alkanes of at least 4 members (excludes halogenated alkanes) is 1. The van der Waals surface area contributed by atoms with Gasteiger partial charge in [-0.25, -0.2) is 0 Å². The lowest BCUT2D eigenvalue weighted by molar-refractivity contribution is -0.138. The maximum Gasteiger partial charge on any atom is 0.245 e. The van der Waals surface area contributed by atoms with Crippen molar-refractivity contribution in [3.05, 3.63) is 71.8 Å². The first-order valence-corrected chi connectivity index (χ1v) is 18.4. The molecule has 4 rings (SSSR count). The second-order valence-corrected chi connectivity index (χ2v) is 13.9. The summed E-state index contributed by atoms with van der Waals surface area (Å²) in [4.78, 5) is 63.8. The predicted octanol–water partition coefficient (Wildman–Crippen LogP) is 0.922. The summed E-state index contributed by atoms with van der Waals surface area (Å²) in [5.41, 5.74) is 13.8. The smallest absolute Gasteiger partial charge is 0.245 e. The Morgan fingerprint density at radius 1 is 0.784 bits per heavy atom. The summed E-state index contributed by atoms with van der Waals surface area (Å²) in [5, 5.41) is 12.1. The van der Waals surface area contributed by atoms with E-state index in [4.69, 9.17) is 11.5 Å². The Morgan fingerprint density at radius 2 is 1.41 bits per heavy atom. The van der Waals surface area contributed by atoms with Crippen molar-refractivity contribution in [1.29, 1.82) is 0 Å². The summed E-state index contributed by atoms with van der Waals surface area (Å²) in [5.74, 6) is -0.601. The number of amides is 4. The molecule has 8 N–H and O–H groups in total. The summed E-state index contributed by atoms with van der Waals surface area (Å²) in [7, 11) is 0. The number of carbonyl (C=O) groups excluding carboxylic acids is 4. The van der Waals surface area contributed by atoms with E-state index in [0.29, 0.717) is 51.9 Å². The van der Waals surface area contributed by atoms with Crippen LogP contribution in [-0.4, -0.2) is 109 Å². The fourth-order valence-corrected chi connectivity index (χ4v) is 6.46. The molecule has 2 aromatic rings. The average Bonchev–Trinajstić information content (AvgIpc) is 3.55. The van der Waals surface area contributed by atoms with Gasteiger partial charge in [0.15, 0.2) is 5.96 Å². The van der Waals surface area contributed by atoms with Gasteiger partial charge in [-0.05, 0) is 62.1 Å². The van der Waals surface area contributed by atoms with Gasteiger partial charge >= 0.3 is 0 Å². The van der Waals surface area contributed by atoms with E-state index < -0.39 is 41.9 Å². The number of nitrogens with one attached hydrogen (secondary N) is 4.